The largest absolute Gasteiger partial charge is 0.490 e. The first-order valence-electron chi connectivity index (χ1n) is 9.31. The van der Waals surface area contributed by atoms with Gasteiger partial charge in [-0.15, -0.1) is 0 Å². The Bertz CT molecular complexity index is 539. The highest BCUT2D eigenvalue weighted by atomic mass is 19.1. The van der Waals surface area contributed by atoms with E-state index in [0.717, 1.165) is 42.2 Å². The fourth-order valence-corrected chi connectivity index (χ4v) is 3.53. The summed E-state index contributed by atoms with van der Waals surface area (Å²) >= 11 is 0. The van der Waals surface area contributed by atoms with Gasteiger partial charge < -0.3 is 4.74 Å². The van der Waals surface area contributed by atoms with Gasteiger partial charge in [0, 0.05) is 0 Å². The zero-order valence-electron chi connectivity index (χ0n) is 14.3. The topological polar surface area (TPSA) is 9.23 Å². The third-order valence-corrected chi connectivity index (χ3v) is 5.33. The van der Waals surface area contributed by atoms with E-state index in [9.17, 15) is 4.39 Å². The molecular formula is C21H29FO. The van der Waals surface area contributed by atoms with Crippen LogP contribution in [0.15, 0.2) is 24.3 Å². The molecule has 0 amide bonds. The fraction of sp³-hybridized carbons (Fsp3) is 0.619. The lowest BCUT2D eigenvalue weighted by Gasteiger charge is -2.13. The summed E-state index contributed by atoms with van der Waals surface area (Å²) in [5, 5.41) is 0. The molecule has 23 heavy (non-hydrogen) atoms. The SMILES string of the molecule is Cc1c(CC/C=C/C2CC2)ccc(OCCC2CCCC2)c1F. The fourth-order valence-electron chi connectivity index (χ4n) is 3.53. The summed E-state index contributed by atoms with van der Waals surface area (Å²) < 4.78 is 20.2. The van der Waals surface area contributed by atoms with Crippen LogP contribution >= 0.6 is 0 Å². The lowest BCUT2D eigenvalue weighted by molar-refractivity contribution is 0.267. The number of hydrogen-bond acceptors (Lipinski definition) is 1. The Kier molecular flexibility index (Phi) is 5.75. The summed E-state index contributed by atoms with van der Waals surface area (Å²) in [6, 6.07) is 3.85. The van der Waals surface area contributed by atoms with Gasteiger partial charge in [0.05, 0.1) is 6.61 Å². The average Bonchev–Trinajstić information content (AvgIpc) is 3.23. The second-order valence-corrected chi connectivity index (χ2v) is 7.25. The molecule has 0 aliphatic heterocycles. The van der Waals surface area contributed by atoms with Crippen LogP contribution in [0.4, 0.5) is 4.39 Å². The van der Waals surface area contributed by atoms with Crippen molar-refractivity contribution in [2.24, 2.45) is 11.8 Å². The van der Waals surface area contributed by atoms with Gasteiger partial charge in [0.25, 0.3) is 0 Å². The molecule has 0 heterocycles. The minimum Gasteiger partial charge on any atom is -0.490 e. The van der Waals surface area contributed by atoms with Gasteiger partial charge in [-0.25, -0.2) is 4.39 Å². The molecule has 0 atom stereocenters. The monoisotopic (exact) mass is 316 g/mol. The van der Waals surface area contributed by atoms with Crippen LogP contribution in [0.1, 0.15) is 62.5 Å². The lowest BCUT2D eigenvalue weighted by Crippen LogP contribution is -2.06. The summed E-state index contributed by atoms with van der Waals surface area (Å²) in [6.07, 6.45) is 15.6. The quantitative estimate of drug-likeness (QED) is 0.535. The van der Waals surface area contributed by atoms with E-state index in [1.807, 2.05) is 19.1 Å². The molecule has 0 N–H and O–H groups in total. The van der Waals surface area contributed by atoms with Gasteiger partial charge in [-0.2, -0.15) is 0 Å². The number of ether oxygens (including phenoxy) is 1. The van der Waals surface area contributed by atoms with Gasteiger partial charge in [0.2, 0.25) is 0 Å². The third-order valence-electron chi connectivity index (χ3n) is 5.33. The summed E-state index contributed by atoms with van der Waals surface area (Å²) in [5.74, 6) is 1.87. The van der Waals surface area contributed by atoms with Crippen LogP contribution in [0.2, 0.25) is 0 Å². The molecule has 2 aliphatic carbocycles. The Hall–Kier alpha value is -1.31. The number of benzene rings is 1. The van der Waals surface area contributed by atoms with Gasteiger partial charge >= 0.3 is 0 Å². The van der Waals surface area contributed by atoms with Crippen LogP contribution in [0.3, 0.4) is 0 Å². The maximum atomic E-state index is 14.5. The highest BCUT2D eigenvalue weighted by Crippen LogP contribution is 2.31. The first-order chi connectivity index (χ1) is 11.2. The van der Waals surface area contributed by atoms with Crippen molar-refractivity contribution in [3.63, 3.8) is 0 Å². The third kappa shape index (κ3) is 4.83. The Balaban J connectivity index is 1.49. The molecule has 1 aromatic rings. The Morgan fingerprint density at radius 3 is 2.70 bits per heavy atom. The van der Waals surface area contributed by atoms with Crippen molar-refractivity contribution in [1.29, 1.82) is 0 Å². The highest BCUT2D eigenvalue weighted by molar-refractivity contribution is 5.37. The van der Waals surface area contributed by atoms with Gasteiger partial charge in [0.15, 0.2) is 11.6 Å². The van der Waals surface area contributed by atoms with Gasteiger partial charge in [-0.3, -0.25) is 0 Å². The smallest absolute Gasteiger partial charge is 0.168 e. The lowest BCUT2D eigenvalue weighted by atomic mass is 10.0. The van der Waals surface area contributed by atoms with Crippen molar-refractivity contribution in [3.05, 3.63) is 41.2 Å². The van der Waals surface area contributed by atoms with E-state index in [4.69, 9.17) is 4.74 Å². The minimum atomic E-state index is -0.167. The predicted octanol–water partition coefficient (Wildman–Crippen LogP) is 5.99. The molecule has 0 saturated heterocycles. The Labute approximate surface area is 139 Å². The molecule has 126 valence electrons. The zero-order chi connectivity index (χ0) is 16.1. The van der Waals surface area contributed by atoms with Gasteiger partial charge in [-0.05, 0) is 68.1 Å². The van der Waals surface area contributed by atoms with Crippen molar-refractivity contribution in [1.82, 2.24) is 0 Å². The summed E-state index contributed by atoms with van der Waals surface area (Å²) in [5.41, 5.74) is 1.86. The molecule has 1 aromatic carbocycles. The molecule has 2 aliphatic rings. The molecule has 0 spiro atoms. The van der Waals surface area contributed by atoms with E-state index in [2.05, 4.69) is 12.2 Å². The molecule has 2 fully saturated rings. The van der Waals surface area contributed by atoms with E-state index < -0.39 is 0 Å². The number of rotatable bonds is 8. The van der Waals surface area contributed by atoms with E-state index >= 15 is 0 Å². The predicted molar refractivity (Wildman–Crippen MR) is 93.4 cm³/mol. The van der Waals surface area contributed by atoms with E-state index in [0.29, 0.717) is 12.4 Å². The van der Waals surface area contributed by atoms with Crippen molar-refractivity contribution < 1.29 is 9.13 Å². The van der Waals surface area contributed by atoms with Crippen LogP contribution in [0.5, 0.6) is 5.75 Å². The molecule has 2 saturated carbocycles. The first kappa shape index (κ1) is 16.5. The summed E-state index contributed by atoms with van der Waals surface area (Å²) in [6.45, 7) is 2.52. The van der Waals surface area contributed by atoms with Crippen LogP contribution in [0, 0.1) is 24.6 Å². The highest BCUT2D eigenvalue weighted by Gasteiger charge is 2.17. The van der Waals surface area contributed by atoms with Crippen molar-refractivity contribution in [2.75, 3.05) is 6.61 Å². The van der Waals surface area contributed by atoms with E-state index in [-0.39, 0.29) is 5.82 Å². The number of hydrogen-bond donors (Lipinski definition) is 0. The van der Waals surface area contributed by atoms with Crippen molar-refractivity contribution in [2.45, 2.75) is 64.7 Å². The van der Waals surface area contributed by atoms with Crippen molar-refractivity contribution in [3.8, 4) is 5.75 Å². The maximum Gasteiger partial charge on any atom is 0.168 e. The molecule has 0 unspecified atom stereocenters. The number of aryl methyl sites for hydroxylation is 1. The van der Waals surface area contributed by atoms with E-state index in [1.54, 1.807) is 0 Å². The summed E-state index contributed by atoms with van der Waals surface area (Å²) in [7, 11) is 0. The molecule has 0 aromatic heterocycles. The van der Waals surface area contributed by atoms with Gasteiger partial charge in [-0.1, -0.05) is 43.9 Å². The number of halogens is 1. The van der Waals surface area contributed by atoms with Crippen molar-refractivity contribution >= 4 is 0 Å². The molecule has 0 radical (unpaired) electrons. The molecule has 1 nitrogen and oxygen atoms in total. The van der Waals surface area contributed by atoms with E-state index in [1.165, 1.54) is 38.5 Å². The molecular weight excluding hydrogens is 287 g/mol. The Morgan fingerprint density at radius 2 is 1.96 bits per heavy atom. The normalized spacial score (nSPS) is 18.9. The van der Waals surface area contributed by atoms with Crippen LogP contribution in [0.25, 0.3) is 0 Å². The Morgan fingerprint density at radius 1 is 1.17 bits per heavy atom. The van der Waals surface area contributed by atoms with Gasteiger partial charge in [0.1, 0.15) is 0 Å². The van der Waals surface area contributed by atoms with Crippen LogP contribution < -0.4 is 4.74 Å². The average molecular weight is 316 g/mol. The number of allylic oxidation sites excluding steroid dienone is 2. The maximum absolute atomic E-state index is 14.5. The molecule has 0 bridgehead atoms. The second-order valence-electron chi connectivity index (χ2n) is 7.25. The van der Waals surface area contributed by atoms with Crippen LogP contribution in [-0.4, -0.2) is 6.61 Å². The molecule has 2 heteroatoms. The van der Waals surface area contributed by atoms with Crippen LogP contribution in [-0.2, 0) is 6.42 Å². The molecule has 3 rings (SSSR count). The minimum absolute atomic E-state index is 0.167. The zero-order valence-corrected chi connectivity index (χ0v) is 14.3. The first-order valence-corrected chi connectivity index (χ1v) is 9.31. The second kappa shape index (κ2) is 7.99. The standard InChI is InChI=1S/C21H29FO/c1-16-19(9-5-4-8-18-10-11-18)12-13-20(21(16)22)23-15-14-17-6-2-3-7-17/h4,8,12-13,17-18H,2-3,5-7,9-11,14-15H2,1H3/b8-4+. The summed E-state index contributed by atoms with van der Waals surface area (Å²) in [4.78, 5) is 0.